The van der Waals surface area contributed by atoms with Gasteiger partial charge in [-0.3, -0.25) is 4.79 Å². The van der Waals surface area contributed by atoms with Crippen molar-refractivity contribution in [3.63, 3.8) is 0 Å². The van der Waals surface area contributed by atoms with Crippen molar-refractivity contribution in [2.75, 3.05) is 5.75 Å². The number of rotatable bonds is 5. The van der Waals surface area contributed by atoms with E-state index in [2.05, 4.69) is 37.4 Å². The molecule has 0 unspecified atom stereocenters. The summed E-state index contributed by atoms with van der Waals surface area (Å²) in [7, 11) is 0. The molecule has 1 amide bonds. The largest absolute Gasteiger partial charge is 0.353 e. The first-order chi connectivity index (χ1) is 9.65. The molecule has 1 aliphatic carbocycles. The molecule has 3 heteroatoms. The van der Waals surface area contributed by atoms with Crippen molar-refractivity contribution in [1.82, 2.24) is 5.32 Å². The van der Waals surface area contributed by atoms with Crippen molar-refractivity contribution in [2.45, 2.75) is 63.3 Å². The van der Waals surface area contributed by atoms with Crippen LogP contribution in [0.5, 0.6) is 0 Å². The second-order valence-electron chi connectivity index (χ2n) is 5.75. The van der Waals surface area contributed by atoms with Gasteiger partial charge in [0, 0.05) is 23.1 Å². The van der Waals surface area contributed by atoms with Crippen LogP contribution in [0.1, 0.15) is 49.7 Å². The third kappa shape index (κ3) is 4.86. The van der Waals surface area contributed by atoms with Gasteiger partial charge in [-0.2, -0.15) is 0 Å². The van der Waals surface area contributed by atoms with Crippen molar-refractivity contribution in [3.05, 3.63) is 29.3 Å². The van der Waals surface area contributed by atoms with E-state index >= 15 is 0 Å². The van der Waals surface area contributed by atoms with Crippen LogP contribution in [0.3, 0.4) is 0 Å². The summed E-state index contributed by atoms with van der Waals surface area (Å²) in [5.74, 6) is 1.08. The Kier molecular flexibility index (Phi) is 5.96. The van der Waals surface area contributed by atoms with E-state index in [4.69, 9.17) is 0 Å². The quantitative estimate of drug-likeness (QED) is 0.822. The van der Waals surface area contributed by atoms with Crippen LogP contribution in [0, 0.1) is 13.8 Å². The highest BCUT2D eigenvalue weighted by Crippen LogP contribution is 2.22. The molecule has 1 aliphatic rings. The van der Waals surface area contributed by atoms with E-state index in [1.807, 2.05) is 0 Å². The Morgan fingerprint density at radius 3 is 2.65 bits per heavy atom. The topological polar surface area (TPSA) is 29.1 Å². The summed E-state index contributed by atoms with van der Waals surface area (Å²) in [5, 5.41) is 3.17. The molecule has 0 radical (unpaired) electrons. The van der Waals surface area contributed by atoms with E-state index < -0.39 is 0 Å². The minimum Gasteiger partial charge on any atom is -0.353 e. The lowest BCUT2D eigenvalue weighted by Crippen LogP contribution is -2.36. The molecule has 0 bridgehead atoms. The van der Waals surface area contributed by atoms with Gasteiger partial charge in [0.15, 0.2) is 0 Å². The fourth-order valence-electron chi connectivity index (χ4n) is 2.61. The highest BCUT2D eigenvalue weighted by Gasteiger charge is 2.15. The van der Waals surface area contributed by atoms with Gasteiger partial charge in [0.1, 0.15) is 0 Å². The second kappa shape index (κ2) is 7.72. The van der Waals surface area contributed by atoms with Crippen molar-refractivity contribution in [1.29, 1.82) is 0 Å². The molecule has 1 aromatic carbocycles. The van der Waals surface area contributed by atoms with E-state index in [1.54, 1.807) is 11.8 Å². The molecule has 0 atom stereocenters. The van der Waals surface area contributed by atoms with Gasteiger partial charge in [-0.1, -0.05) is 25.3 Å². The number of carbonyl (C=O) groups is 1. The number of aryl methyl sites for hydroxylation is 2. The molecule has 1 aromatic rings. The van der Waals surface area contributed by atoms with E-state index in [0.717, 1.165) is 18.6 Å². The summed E-state index contributed by atoms with van der Waals surface area (Å²) in [5.41, 5.74) is 2.64. The molecule has 0 saturated heterocycles. The van der Waals surface area contributed by atoms with Crippen LogP contribution >= 0.6 is 11.8 Å². The van der Waals surface area contributed by atoms with Gasteiger partial charge >= 0.3 is 0 Å². The fraction of sp³-hybridized carbons (Fsp3) is 0.588. The normalized spacial score (nSPS) is 16.1. The first-order valence-corrected chi connectivity index (χ1v) is 8.63. The fourth-order valence-corrected chi connectivity index (χ4v) is 3.56. The molecule has 2 nitrogen and oxygen atoms in total. The molecule has 0 aromatic heterocycles. The highest BCUT2D eigenvalue weighted by atomic mass is 32.2. The molecule has 0 heterocycles. The SMILES string of the molecule is Cc1ccc(SCCC(=O)NC2CCCCC2)cc1C. The van der Waals surface area contributed by atoms with Crippen LogP contribution in [0.15, 0.2) is 23.1 Å². The Morgan fingerprint density at radius 2 is 1.95 bits per heavy atom. The first-order valence-electron chi connectivity index (χ1n) is 7.64. The minimum atomic E-state index is 0.216. The smallest absolute Gasteiger partial charge is 0.221 e. The Hall–Kier alpha value is -0.960. The molecule has 1 fully saturated rings. The zero-order valence-electron chi connectivity index (χ0n) is 12.6. The maximum absolute atomic E-state index is 11.9. The van der Waals surface area contributed by atoms with Crippen LogP contribution in [0.25, 0.3) is 0 Å². The second-order valence-corrected chi connectivity index (χ2v) is 6.92. The lowest BCUT2D eigenvalue weighted by atomic mass is 9.95. The third-order valence-electron chi connectivity index (χ3n) is 4.05. The van der Waals surface area contributed by atoms with Gasteiger partial charge in [-0.15, -0.1) is 11.8 Å². The van der Waals surface area contributed by atoms with Crippen LogP contribution < -0.4 is 5.32 Å². The summed E-state index contributed by atoms with van der Waals surface area (Å²) < 4.78 is 0. The maximum Gasteiger partial charge on any atom is 0.221 e. The zero-order chi connectivity index (χ0) is 14.4. The molecule has 20 heavy (non-hydrogen) atoms. The lowest BCUT2D eigenvalue weighted by Gasteiger charge is -2.22. The summed E-state index contributed by atoms with van der Waals surface area (Å²) >= 11 is 1.77. The number of amides is 1. The van der Waals surface area contributed by atoms with Gasteiger partial charge in [-0.25, -0.2) is 0 Å². The van der Waals surface area contributed by atoms with Crippen LogP contribution in [-0.4, -0.2) is 17.7 Å². The number of benzene rings is 1. The van der Waals surface area contributed by atoms with E-state index in [1.165, 1.54) is 35.3 Å². The zero-order valence-corrected chi connectivity index (χ0v) is 13.4. The molecule has 2 rings (SSSR count). The minimum absolute atomic E-state index is 0.216. The van der Waals surface area contributed by atoms with Gasteiger partial charge < -0.3 is 5.32 Å². The molecule has 110 valence electrons. The number of thioether (sulfide) groups is 1. The first kappa shape index (κ1) is 15.4. The van der Waals surface area contributed by atoms with Crippen LogP contribution in [0.4, 0.5) is 0 Å². The molecule has 1 saturated carbocycles. The predicted octanol–water partition coefficient (Wildman–Crippen LogP) is 4.23. The summed E-state index contributed by atoms with van der Waals surface area (Å²) in [6.45, 7) is 4.26. The third-order valence-corrected chi connectivity index (χ3v) is 5.04. The number of hydrogen-bond donors (Lipinski definition) is 1. The van der Waals surface area contributed by atoms with Crippen LogP contribution in [-0.2, 0) is 4.79 Å². The van der Waals surface area contributed by atoms with E-state index in [0.29, 0.717) is 12.5 Å². The monoisotopic (exact) mass is 291 g/mol. The standard InChI is InChI=1S/C17H25NOS/c1-13-8-9-16(12-14(13)2)20-11-10-17(19)18-15-6-4-3-5-7-15/h8-9,12,15H,3-7,10-11H2,1-2H3,(H,18,19). The highest BCUT2D eigenvalue weighted by molar-refractivity contribution is 7.99. The maximum atomic E-state index is 11.9. The lowest BCUT2D eigenvalue weighted by molar-refractivity contribution is -0.121. The molecule has 0 aliphatic heterocycles. The van der Waals surface area contributed by atoms with E-state index in [9.17, 15) is 4.79 Å². The molecule has 1 N–H and O–H groups in total. The van der Waals surface area contributed by atoms with E-state index in [-0.39, 0.29) is 5.91 Å². The van der Waals surface area contributed by atoms with Gasteiger partial charge in [0.25, 0.3) is 0 Å². The summed E-state index contributed by atoms with van der Waals surface area (Å²) in [4.78, 5) is 13.2. The Morgan fingerprint density at radius 1 is 1.20 bits per heavy atom. The average molecular weight is 291 g/mol. The average Bonchev–Trinajstić information content (AvgIpc) is 2.44. The van der Waals surface area contributed by atoms with Gasteiger partial charge in [0.2, 0.25) is 5.91 Å². The number of nitrogens with one attached hydrogen (secondary N) is 1. The van der Waals surface area contributed by atoms with Crippen molar-refractivity contribution in [2.24, 2.45) is 0 Å². The number of carbonyl (C=O) groups excluding carboxylic acids is 1. The molecular formula is C17H25NOS. The molecule has 0 spiro atoms. The van der Waals surface area contributed by atoms with Gasteiger partial charge in [0.05, 0.1) is 0 Å². The van der Waals surface area contributed by atoms with Crippen molar-refractivity contribution >= 4 is 17.7 Å². The summed E-state index contributed by atoms with van der Waals surface area (Å²) in [6.07, 6.45) is 6.81. The summed E-state index contributed by atoms with van der Waals surface area (Å²) in [6, 6.07) is 6.94. The predicted molar refractivity (Wildman–Crippen MR) is 86.3 cm³/mol. The van der Waals surface area contributed by atoms with Crippen molar-refractivity contribution in [3.8, 4) is 0 Å². The Labute approximate surface area is 126 Å². The van der Waals surface area contributed by atoms with Crippen molar-refractivity contribution < 1.29 is 4.79 Å². The van der Waals surface area contributed by atoms with Crippen LogP contribution in [0.2, 0.25) is 0 Å². The number of hydrogen-bond acceptors (Lipinski definition) is 2. The Bertz CT molecular complexity index is 452. The molecular weight excluding hydrogens is 266 g/mol. The Balaban J connectivity index is 1.69. The van der Waals surface area contributed by atoms with Gasteiger partial charge in [-0.05, 0) is 49.9 Å².